The van der Waals surface area contributed by atoms with E-state index in [2.05, 4.69) is 31.0 Å². The van der Waals surface area contributed by atoms with Gasteiger partial charge in [-0.15, -0.1) is 0 Å². The zero-order valence-corrected chi connectivity index (χ0v) is 13.4. The van der Waals surface area contributed by atoms with E-state index in [4.69, 9.17) is 4.42 Å². The highest BCUT2D eigenvalue weighted by Crippen LogP contribution is 2.27. The number of nitrogens with zero attached hydrogens (tertiary/aromatic N) is 2. The summed E-state index contributed by atoms with van der Waals surface area (Å²) < 4.78 is 5.46. The third-order valence-electron chi connectivity index (χ3n) is 4.64. The van der Waals surface area contributed by atoms with Crippen LogP contribution in [0.2, 0.25) is 0 Å². The Labute approximate surface area is 130 Å². The van der Waals surface area contributed by atoms with Crippen LogP contribution in [-0.2, 0) is 6.42 Å². The third kappa shape index (κ3) is 2.41. The van der Waals surface area contributed by atoms with E-state index in [1.165, 1.54) is 6.26 Å². The maximum Gasteiger partial charge on any atom is 0.258 e. The Hall–Kier alpha value is -1.82. The summed E-state index contributed by atoms with van der Waals surface area (Å²) in [6.07, 6.45) is 2.08. The Morgan fingerprint density at radius 2 is 2.18 bits per heavy atom. The van der Waals surface area contributed by atoms with Gasteiger partial charge < -0.3 is 14.6 Å². The third-order valence-corrected chi connectivity index (χ3v) is 4.64. The van der Waals surface area contributed by atoms with Gasteiger partial charge in [0.15, 0.2) is 0 Å². The van der Waals surface area contributed by atoms with Crippen LogP contribution in [0.25, 0.3) is 0 Å². The molecule has 6 heteroatoms. The first-order valence-electron chi connectivity index (χ1n) is 7.87. The Bertz CT molecular complexity index is 606. The number of hydrogen-bond acceptors (Lipinski definition) is 4. The molecule has 0 radical (unpaired) electrons. The molecule has 1 fully saturated rings. The van der Waals surface area contributed by atoms with Gasteiger partial charge in [0.25, 0.3) is 11.8 Å². The topological polar surface area (TPSA) is 65.8 Å². The predicted molar refractivity (Wildman–Crippen MR) is 82.0 cm³/mol. The summed E-state index contributed by atoms with van der Waals surface area (Å²) in [6.45, 7) is 10.2. The van der Waals surface area contributed by atoms with Crippen molar-refractivity contribution in [2.45, 2.75) is 32.7 Å². The van der Waals surface area contributed by atoms with Crippen LogP contribution >= 0.6 is 0 Å². The highest BCUT2D eigenvalue weighted by molar-refractivity contribution is 6.08. The van der Waals surface area contributed by atoms with E-state index in [1.807, 2.05) is 4.90 Å². The molecule has 2 amide bonds. The molecular formula is C16H23N3O3. The van der Waals surface area contributed by atoms with Crippen LogP contribution in [0.4, 0.5) is 0 Å². The van der Waals surface area contributed by atoms with Gasteiger partial charge in [-0.1, -0.05) is 6.92 Å². The Morgan fingerprint density at radius 3 is 2.86 bits per heavy atom. The number of hydrogen-bond donors (Lipinski definition) is 1. The van der Waals surface area contributed by atoms with Gasteiger partial charge in [-0.2, -0.15) is 0 Å². The summed E-state index contributed by atoms with van der Waals surface area (Å²) in [5.74, 6) is 0.309. The second kappa shape index (κ2) is 5.43. The summed E-state index contributed by atoms with van der Waals surface area (Å²) in [6, 6.07) is 0. The number of nitrogens with one attached hydrogen (secondary N) is 1. The van der Waals surface area contributed by atoms with Crippen LogP contribution in [0.1, 0.15) is 47.2 Å². The number of carbonyl (C=O) groups excluding carboxylic acids is 2. The lowest BCUT2D eigenvalue weighted by atomic mass is 9.96. The van der Waals surface area contributed by atoms with Crippen molar-refractivity contribution in [2.24, 2.45) is 0 Å². The molecule has 3 rings (SSSR count). The number of rotatable bonds is 2. The molecule has 0 bridgehead atoms. The van der Waals surface area contributed by atoms with Crippen LogP contribution in [-0.4, -0.2) is 59.9 Å². The summed E-state index contributed by atoms with van der Waals surface area (Å²) >= 11 is 0. The number of amides is 2. The molecule has 1 aromatic rings. The average Bonchev–Trinajstić information content (AvgIpc) is 2.91. The standard InChI is InChI=1S/C16H23N3O3/c1-4-18-7-8-19(16(2,3)10-18)15(21)11-9-22-12-5-6-17-14(20)13(11)12/h9H,4-8,10H2,1-3H3,(H,17,20). The summed E-state index contributed by atoms with van der Waals surface area (Å²) in [4.78, 5) is 29.2. The molecule has 2 aliphatic rings. The van der Waals surface area contributed by atoms with E-state index in [1.54, 1.807) is 0 Å². The normalized spacial score (nSPS) is 21.4. The van der Waals surface area contributed by atoms with Crippen LogP contribution in [0.15, 0.2) is 10.7 Å². The van der Waals surface area contributed by atoms with Crippen LogP contribution in [0, 0.1) is 0 Å². The average molecular weight is 305 g/mol. The van der Waals surface area contributed by atoms with Crippen LogP contribution in [0.3, 0.4) is 0 Å². The van der Waals surface area contributed by atoms with Gasteiger partial charge in [0, 0.05) is 32.6 Å². The lowest BCUT2D eigenvalue weighted by molar-refractivity contribution is 0.0193. The Balaban J connectivity index is 1.89. The van der Waals surface area contributed by atoms with Crippen LogP contribution in [0.5, 0.6) is 0 Å². The van der Waals surface area contributed by atoms with Crippen molar-refractivity contribution in [1.82, 2.24) is 15.1 Å². The molecule has 0 aromatic carbocycles. The minimum atomic E-state index is -0.263. The summed E-state index contributed by atoms with van der Waals surface area (Å²) in [5, 5.41) is 2.78. The molecule has 120 valence electrons. The highest BCUT2D eigenvalue weighted by Gasteiger charge is 2.39. The molecule has 1 N–H and O–H groups in total. The molecule has 1 aromatic heterocycles. The zero-order chi connectivity index (χ0) is 15.9. The smallest absolute Gasteiger partial charge is 0.258 e. The van der Waals surface area contributed by atoms with Crippen molar-refractivity contribution < 1.29 is 14.0 Å². The van der Waals surface area contributed by atoms with E-state index in [0.717, 1.165) is 19.6 Å². The first-order chi connectivity index (χ1) is 10.4. The molecule has 0 spiro atoms. The Morgan fingerprint density at radius 1 is 1.41 bits per heavy atom. The van der Waals surface area contributed by atoms with Crippen molar-refractivity contribution in [3.05, 3.63) is 23.2 Å². The summed E-state index contributed by atoms with van der Waals surface area (Å²) in [7, 11) is 0. The first-order valence-corrected chi connectivity index (χ1v) is 7.87. The fourth-order valence-electron chi connectivity index (χ4n) is 3.41. The number of likely N-dealkylation sites (N-methyl/N-ethyl adjacent to an activating group) is 1. The molecule has 22 heavy (non-hydrogen) atoms. The molecule has 6 nitrogen and oxygen atoms in total. The van der Waals surface area contributed by atoms with E-state index in [0.29, 0.717) is 36.4 Å². The molecule has 3 heterocycles. The van der Waals surface area contributed by atoms with Gasteiger partial charge in [0.1, 0.15) is 12.0 Å². The molecule has 0 unspecified atom stereocenters. The fourth-order valence-corrected chi connectivity index (χ4v) is 3.41. The molecular weight excluding hydrogens is 282 g/mol. The van der Waals surface area contributed by atoms with Crippen molar-refractivity contribution in [2.75, 3.05) is 32.7 Å². The van der Waals surface area contributed by atoms with Crippen molar-refractivity contribution in [1.29, 1.82) is 0 Å². The maximum atomic E-state index is 13.0. The fraction of sp³-hybridized carbons (Fsp3) is 0.625. The minimum absolute atomic E-state index is 0.109. The van der Waals surface area contributed by atoms with Gasteiger partial charge >= 0.3 is 0 Å². The van der Waals surface area contributed by atoms with E-state index in [9.17, 15) is 9.59 Å². The van der Waals surface area contributed by atoms with Crippen molar-refractivity contribution in [3.63, 3.8) is 0 Å². The first kappa shape index (κ1) is 15.1. The number of carbonyl (C=O) groups is 2. The summed E-state index contributed by atoms with van der Waals surface area (Å²) in [5.41, 5.74) is 0.552. The number of furan rings is 1. The monoisotopic (exact) mass is 305 g/mol. The van der Waals surface area contributed by atoms with E-state index >= 15 is 0 Å². The van der Waals surface area contributed by atoms with Crippen LogP contribution < -0.4 is 5.32 Å². The Kier molecular flexibility index (Phi) is 3.72. The molecule has 0 atom stereocenters. The van der Waals surface area contributed by atoms with Gasteiger partial charge in [-0.05, 0) is 20.4 Å². The number of piperazine rings is 1. The molecule has 0 aliphatic carbocycles. The minimum Gasteiger partial charge on any atom is -0.468 e. The number of fused-ring (bicyclic) bond motifs is 1. The molecule has 0 saturated carbocycles. The van der Waals surface area contributed by atoms with Crippen molar-refractivity contribution in [3.8, 4) is 0 Å². The van der Waals surface area contributed by atoms with Gasteiger partial charge in [-0.3, -0.25) is 14.5 Å². The second-order valence-corrected chi connectivity index (χ2v) is 6.59. The van der Waals surface area contributed by atoms with Gasteiger partial charge in [0.05, 0.1) is 16.7 Å². The second-order valence-electron chi connectivity index (χ2n) is 6.59. The maximum absolute atomic E-state index is 13.0. The molecule has 2 aliphatic heterocycles. The van der Waals surface area contributed by atoms with E-state index in [-0.39, 0.29) is 17.4 Å². The SMILES string of the molecule is CCN1CCN(C(=O)c2coc3c2C(=O)NCC3)C(C)(C)C1. The molecule has 1 saturated heterocycles. The predicted octanol–water partition coefficient (Wildman–Crippen LogP) is 1.12. The van der Waals surface area contributed by atoms with Gasteiger partial charge in [0.2, 0.25) is 0 Å². The quantitative estimate of drug-likeness (QED) is 0.889. The lowest BCUT2D eigenvalue weighted by Crippen LogP contribution is -2.61. The zero-order valence-electron chi connectivity index (χ0n) is 13.4. The van der Waals surface area contributed by atoms with Crippen molar-refractivity contribution >= 4 is 11.8 Å². The lowest BCUT2D eigenvalue weighted by Gasteiger charge is -2.47. The largest absolute Gasteiger partial charge is 0.468 e. The highest BCUT2D eigenvalue weighted by atomic mass is 16.3. The van der Waals surface area contributed by atoms with E-state index < -0.39 is 0 Å². The van der Waals surface area contributed by atoms with Gasteiger partial charge in [-0.25, -0.2) is 0 Å².